The van der Waals surface area contributed by atoms with E-state index in [1.165, 1.54) is 11.6 Å². The third-order valence-electron chi connectivity index (χ3n) is 4.41. The van der Waals surface area contributed by atoms with Crippen molar-refractivity contribution in [2.45, 2.75) is 32.7 Å². The van der Waals surface area contributed by atoms with Gasteiger partial charge in [0.2, 0.25) is 0 Å². The van der Waals surface area contributed by atoms with Crippen LogP contribution in [0.15, 0.2) is 33.9 Å². The molecule has 0 amide bonds. The zero-order valence-electron chi connectivity index (χ0n) is 15.6. The maximum atomic E-state index is 12.5. The standard InChI is InChI=1S/C19H25N3O4/c1-5-10-26-18(24)15(20)11-13-6-8-14(9-7-13)16-12(2)21(3)19(25)22(4)17(16)23/h6-9,15H,5,10-11,20H2,1-4H3. The van der Waals surface area contributed by atoms with E-state index in [4.69, 9.17) is 10.5 Å². The number of ether oxygens (including phenoxy) is 1. The van der Waals surface area contributed by atoms with Crippen LogP contribution in [0.4, 0.5) is 0 Å². The molecule has 7 heteroatoms. The molecule has 2 rings (SSSR count). The molecule has 140 valence electrons. The van der Waals surface area contributed by atoms with E-state index in [-0.39, 0.29) is 11.2 Å². The molecule has 1 unspecified atom stereocenters. The number of carbonyl (C=O) groups excluding carboxylic acids is 1. The van der Waals surface area contributed by atoms with Crippen LogP contribution >= 0.6 is 0 Å². The molecule has 1 heterocycles. The minimum atomic E-state index is -0.723. The summed E-state index contributed by atoms with van der Waals surface area (Å²) in [4.78, 5) is 36.2. The van der Waals surface area contributed by atoms with Crippen molar-refractivity contribution in [2.75, 3.05) is 6.61 Å². The second-order valence-electron chi connectivity index (χ2n) is 6.34. The molecular weight excluding hydrogens is 334 g/mol. The summed E-state index contributed by atoms with van der Waals surface area (Å²) in [5.41, 5.74) is 7.85. The maximum Gasteiger partial charge on any atom is 0.330 e. The number of carbonyl (C=O) groups is 1. The minimum Gasteiger partial charge on any atom is -0.465 e. The molecule has 0 saturated heterocycles. The van der Waals surface area contributed by atoms with E-state index < -0.39 is 12.0 Å². The Bertz CT molecular complexity index is 910. The Morgan fingerprint density at radius 2 is 1.77 bits per heavy atom. The van der Waals surface area contributed by atoms with Gasteiger partial charge in [-0.1, -0.05) is 31.2 Å². The Balaban J connectivity index is 2.27. The fourth-order valence-electron chi connectivity index (χ4n) is 2.73. The number of nitrogens with zero attached hydrogens (tertiary/aromatic N) is 2. The minimum absolute atomic E-state index is 0.335. The fraction of sp³-hybridized carbons (Fsp3) is 0.421. The number of esters is 1. The first-order chi connectivity index (χ1) is 12.3. The Kier molecular flexibility index (Phi) is 6.15. The van der Waals surface area contributed by atoms with Gasteiger partial charge in [0.1, 0.15) is 6.04 Å². The predicted octanol–water partition coefficient (Wildman–Crippen LogP) is 0.882. The lowest BCUT2D eigenvalue weighted by Crippen LogP contribution is -2.39. The third-order valence-corrected chi connectivity index (χ3v) is 4.41. The van der Waals surface area contributed by atoms with Gasteiger partial charge in [-0.3, -0.25) is 14.2 Å². The number of aromatic nitrogens is 2. The second-order valence-corrected chi connectivity index (χ2v) is 6.34. The molecule has 1 aromatic carbocycles. The Morgan fingerprint density at radius 1 is 1.15 bits per heavy atom. The molecule has 2 N–H and O–H groups in total. The zero-order chi connectivity index (χ0) is 19.4. The number of nitrogens with two attached hydrogens (primary N) is 1. The molecule has 0 spiro atoms. The maximum absolute atomic E-state index is 12.5. The van der Waals surface area contributed by atoms with Crippen LogP contribution in [-0.4, -0.2) is 27.8 Å². The van der Waals surface area contributed by atoms with E-state index in [1.54, 1.807) is 26.1 Å². The van der Waals surface area contributed by atoms with Crippen molar-refractivity contribution in [1.29, 1.82) is 0 Å². The lowest BCUT2D eigenvalue weighted by molar-refractivity contribution is -0.145. The van der Waals surface area contributed by atoms with Gasteiger partial charge in [0.15, 0.2) is 0 Å². The number of rotatable bonds is 6. The Labute approximate surface area is 152 Å². The first-order valence-electron chi connectivity index (χ1n) is 8.56. The van der Waals surface area contributed by atoms with Gasteiger partial charge >= 0.3 is 11.7 Å². The summed E-state index contributed by atoms with van der Waals surface area (Å²) in [6.45, 7) is 4.02. The summed E-state index contributed by atoms with van der Waals surface area (Å²) in [6.07, 6.45) is 1.11. The van der Waals surface area contributed by atoms with Crippen molar-refractivity contribution in [2.24, 2.45) is 19.8 Å². The van der Waals surface area contributed by atoms with E-state index in [0.717, 1.165) is 16.6 Å². The van der Waals surface area contributed by atoms with Gasteiger partial charge in [-0.2, -0.15) is 0 Å². The summed E-state index contributed by atoms with van der Waals surface area (Å²) < 4.78 is 7.59. The van der Waals surface area contributed by atoms with Crippen LogP contribution < -0.4 is 17.0 Å². The van der Waals surface area contributed by atoms with E-state index in [1.807, 2.05) is 19.1 Å². The topological polar surface area (TPSA) is 96.3 Å². The van der Waals surface area contributed by atoms with Crippen molar-refractivity contribution < 1.29 is 9.53 Å². The van der Waals surface area contributed by atoms with Crippen LogP contribution in [0.1, 0.15) is 24.6 Å². The Morgan fingerprint density at radius 3 is 2.35 bits per heavy atom. The molecule has 0 aliphatic rings. The van der Waals surface area contributed by atoms with Gasteiger partial charge in [-0.05, 0) is 30.9 Å². The Hall–Kier alpha value is -2.67. The summed E-state index contributed by atoms with van der Waals surface area (Å²) in [5, 5.41) is 0. The molecule has 2 aromatic rings. The van der Waals surface area contributed by atoms with Gasteiger partial charge in [-0.15, -0.1) is 0 Å². The molecule has 26 heavy (non-hydrogen) atoms. The van der Waals surface area contributed by atoms with Crippen molar-refractivity contribution >= 4 is 5.97 Å². The van der Waals surface area contributed by atoms with Gasteiger partial charge in [0, 0.05) is 19.8 Å². The number of benzene rings is 1. The highest BCUT2D eigenvalue weighted by Gasteiger charge is 2.17. The van der Waals surface area contributed by atoms with Gasteiger partial charge in [0.25, 0.3) is 5.56 Å². The monoisotopic (exact) mass is 359 g/mol. The molecule has 7 nitrogen and oxygen atoms in total. The van der Waals surface area contributed by atoms with E-state index in [9.17, 15) is 14.4 Å². The quantitative estimate of drug-likeness (QED) is 0.773. The summed E-state index contributed by atoms with van der Waals surface area (Å²) in [6, 6.07) is 6.53. The van der Waals surface area contributed by atoms with Crippen LogP contribution in [-0.2, 0) is 30.0 Å². The van der Waals surface area contributed by atoms with E-state index in [2.05, 4.69) is 0 Å². The normalized spacial score (nSPS) is 12.0. The SMILES string of the molecule is CCCOC(=O)C(N)Cc1ccc(-c2c(C)n(C)c(=O)n(C)c2=O)cc1. The van der Waals surface area contributed by atoms with Crippen LogP contribution in [0, 0.1) is 6.92 Å². The van der Waals surface area contributed by atoms with Crippen LogP contribution in [0.25, 0.3) is 11.1 Å². The molecule has 0 radical (unpaired) electrons. The predicted molar refractivity (Wildman–Crippen MR) is 100 cm³/mol. The van der Waals surface area contributed by atoms with Crippen LogP contribution in [0.3, 0.4) is 0 Å². The summed E-state index contributed by atoms with van der Waals surface area (Å²) >= 11 is 0. The highest BCUT2D eigenvalue weighted by molar-refractivity contribution is 5.76. The van der Waals surface area contributed by atoms with E-state index >= 15 is 0 Å². The average molecular weight is 359 g/mol. The molecule has 0 fully saturated rings. The number of hydrogen-bond acceptors (Lipinski definition) is 5. The zero-order valence-corrected chi connectivity index (χ0v) is 15.6. The first-order valence-corrected chi connectivity index (χ1v) is 8.56. The molecule has 0 aliphatic carbocycles. The number of hydrogen-bond donors (Lipinski definition) is 1. The lowest BCUT2D eigenvalue weighted by atomic mass is 10.0. The van der Waals surface area contributed by atoms with E-state index in [0.29, 0.717) is 29.8 Å². The molecule has 1 atom stereocenters. The molecule has 0 aliphatic heterocycles. The van der Waals surface area contributed by atoms with Crippen molar-refractivity contribution in [3.05, 3.63) is 56.4 Å². The van der Waals surface area contributed by atoms with Crippen molar-refractivity contribution in [1.82, 2.24) is 9.13 Å². The largest absolute Gasteiger partial charge is 0.465 e. The van der Waals surface area contributed by atoms with Gasteiger partial charge in [0.05, 0.1) is 12.2 Å². The van der Waals surface area contributed by atoms with Gasteiger partial charge in [-0.25, -0.2) is 4.79 Å². The molecule has 1 aromatic heterocycles. The van der Waals surface area contributed by atoms with Crippen molar-refractivity contribution in [3.63, 3.8) is 0 Å². The lowest BCUT2D eigenvalue weighted by Gasteiger charge is -2.13. The summed E-state index contributed by atoms with van der Waals surface area (Å²) in [7, 11) is 3.10. The molecule has 0 saturated carbocycles. The first kappa shape index (κ1) is 19.7. The third kappa shape index (κ3) is 3.94. The average Bonchev–Trinajstić information content (AvgIpc) is 2.64. The van der Waals surface area contributed by atoms with Crippen LogP contribution in [0.2, 0.25) is 0 Å². The molecule has 0 bridgehead atoms. The highest BCUT2D eigenvalue weighted by atomic mass is 16.5. The van der Waals surface area contributed by atoms with Crippen LogP contribution in [0.5, 0.6) is 0 Å². The fourth-order valence-corrected chi connectivity index (χ4v) is 2.73. The highest BCUT2D eigenvalue weighted by Crippen LogP contribution is 2.19. The molecular formula is C19H25N3O4. The smallest absolute Gasteiger partial charge is 0.330 e. The van der Waals surface area contributed by atoms with Gasteiger partial charge < -0.3 is 15.0 Å². The summed E-state index contributed by atoms with van der Waals surface area (Å²) in [5.74, 6) is -0.418. The van der Waals surface area contributed by atoms with Crippen molar-refractivity contribution in [3.8, 4) is 11.1 Å². The second kappa shape index (κ2) is 8.14.